The molecule has 2 rings (SSSR count). The molecule has 0 amide bonds. The molecule has 18 heavy (non-hydrogen) atoms. The Hall–Kier alpha value is -0.830. The molecule has 0 saturated heterocycles. The number of rotatable bonds is 6. The van der Waals surface area contributed by atoms with Crippen molar-refractivity contribution in [2.24, 2.45) is 5.92 Å². The first kappa shape index (κ1) is 13.6. The monoisotopic (exact) mass is 249 g/mol. The standard InChI is InChI=1S/C15H27N3/c1-3-18-15(11-13(2)17-18)12-16-10-9-14-7-5-4-6-8-14/h11,14,16H,3-10,12H2,1-2H3. The first-order chi connectivity index (χ1) is 8.79. The summed E-state index contributed by atoms with van der Waals surface area (Å²) >= 11 is 0. The first-order valence-corrected chi connectivity index (χ1v) is 7.53. The number of hydrogen-bond donors (Lipinski definition) is 1. The Morgan fingerprint density at radius 2 is 2.11 bits per heavy atom. The van der Waals surface area contributed by atoms with Crippen LogP contribution in [0.2, 0.25) is 0 Å². The van der Waals surface area contributed by atoms with E-state index in [1.807, 2.05) is 0 Å². The third-order valence-electron chi connectivity index (χ3n) is 4.05. The third-order valence-corrected chi connectivity index (χ3v) is 4.05. The van der Waals surface area contributed by atoms with Crippen molar-refractivity contribution in [3.8, 4) is 0 Å². The van der Waals surface area contributed by atoms with Gasteiger partial charge in [-0.2, -0.15) is 5.10 Å². The predicted octanol–water partition coefficient (Wildman–Crippen LogP) is 3.27. The van der Waals surface area contributed by atoms with Crippen LogP contribution in [0, 0.1) is 12.8 Å². The maximum atomic E-state index is 4.47. The van der Waals surface area contributed by atoms with Crippen molar-refractivity contribution < 1.29 is 0 Å². The molecule has 1 N–H and O–H groups in total. The lowest BCUT2D eigenvalue weighted by molar-refractivity contribution is 0.333. The maximum Gasteiger partial charge on any atom is 0.0597 e. The Balaban J connectivity index is 1.68. The smallest absolute Gasteiger partial charge is 0.0597 e. The molecular weight excluding hydrogens is 222 g/mol. The summed E-state index contributed by atoms with van der Waals surface area (Å²) in [7, 11) is 0. The van der Waals surface area contributed by atoms with E-state index in [9.17, 15) is 0 Å². The van der Waals surface area contributed by atoms with E-state index in [1.54, 1.807) is 0 Å². The van der Waals surface area contributed by atoms with Gasteiger partial charge in [0.1, 0.15) is 0 Å². The summed E-state index contributed by atoms with van der Waals surface area (Å²) in [5, 5.41) is 8.05. The molecule has 0 aliphatic heterocycles. The van der Waals surface area contributed by atoms with Crippen molar-refractivity contribution in [3.63, 3.8) is 0 Å². The van der Waals surface area contributed by atoms with Gasteiger partial charge in [-0.1, -0.05) is 32.1 Å². The summed E-state index contributed by atoms with van der Waals surface area (Å²) in [6, 6.07) is 2.19. The molecular formula is C15H27N3. The highest BCUT2D eigenvalue weighted by Crippen LogP contribution is 2.25. The van der Waals surface area contributed by atoms with Gasteiger partial charge >= 0.3 is 0 Å². The van der Waals surface area contributed by atoms with E-state index in [-0.39, 0.29) is 0 Å². The van der Waals surface area contributed by atoms with Gasteiger partial charge in [0.2, 0.25) is 0 Å². The van der Waals surface area contributed by atoms with Gasteiger partial charge in [0.15, 0.2) is 0 Å². The molecule has 0 spiro atoms. The van der Waals surface area contributed by atoms with Crippen LogP contribution < -0.4 is 5.32 Å². The second-order valence-electron chi connectivity index (χ2n) is 5.56. The molecule has 0 atom stereocenters. The predicted molar refractivity (Wildman–Crippen MR) is 75.5 cm³/mol. The van der Waals surface area contributed by atoms with Crippen LogP contribution in [-0.2, 0) is 13.1 Å². The first-order valence-electron chi connectivity index (χ1n) is 7.53. The number of aromatic nitrogens is 2. The Morgan fingerprint density at radius 3 is 2.83 bits per heavy atom. The molecule has 1 aromatic heterocycles. The summed E-state index contributed by atoms with van der Waals surface area (Å²) in [5.74, 6) is 0.976. The fraction of sp³-hybridized carbons (Fsp3) is 0.800. The van der Waals surface area contributed by atoms with Crippen molar-refractivity contribution in [3.05, 3.63) is 17.5 Å². The highest BCUT2D eigenvalue weighted by atomic mass is 15.3. The van der Waals surface area contributed by atoms with Crippen molar-refractivity contribution in [1.82, 2.24) is 15.1 Å². The molecule has 102 valence electrons. The van der Waals surface area contributed by atoms with E-state index in [0.717, 1.165) is 31.2 Å². The largest absolute Gasteiger partial charge is 0.311 e. The molecule has 1 aliphatic rings. The lowest BCUT2D eigenvalue weighted by atomic mass is 9.87. The normalized spacial score (nSPS) is 17.2. The van der Waals surface area contributed by atoms with E-state index < -0.39 is 0 Å². The van der Waals surface area contributed by atoms with Crippen LogP contribution in [0.5, 0.6) is 0 Å². The molecule has 0 unspecified atom stereocenters. The van der Waals surface area contributed by atoms with Crippen LogP contribution in [0.4, 0.5) is 0 Å². The third kappa shape index (κ3) is 3.84. The minimum atomic E-state index is 0.960. The van der Waals surface area contributed by atoms with Crippen LogP contribution in [-0.4, -0.2) is 16.3 Å². The molecule has 1 aliphatic carbocycles. The van der Waals surface area contributed by atoms with Gasteiger partial charge in [0, 0.05) is 13.1 Å². The zero-order valence-electron chi connectivity index (χ0n) is 11.9. The number of nitrogens with zero attached hydrogens (tertiary/aromatic N) is 2. The van der Waals surface area contributed by atoms with Crippen LogP contribution in [0.25, 0.3) is 0 Å². The van der Waals surface area contributed by atoms with E-state index in [1.165, 1.54) is 44.2 Å². The zero-order valence-corrected chi connectivity index (χ0v) is 11.9. The van der Waals surface area contributed by atoms with Crippen molar-refractivity contribution in [2.45, 2.75) is 65.5 Å². The molecule has 1 heterocycles. The Kier molecular flexibility index (Phi) is 5.24. The summed E-state index contributed by atoms with van der Waals surface area (Å²) in [4.78, 5) is 0. The minimum absolute atomic E-state index is 0.960. The Morgan fingerprint density at radius 1 is 1.33 bits per heavy atom. The summed E-state index contributed by atoms with van der Waals surface area (Å²) in [6.07, 6.45) is 8.61. The number of hydrogen-bond acceptors (Lipinski definition) is 2. The second kappa shape index (κ2) is 6.93. The molecule has 0 aromatic carbocycles. The van der Waals surface area contributed by atoms with Gasteiger partial charge in [-0.3, -0.25) is 4.68 Å². The van der Waals surface area contributed by atoms with Crippen molar-refractivity contribution in [1.29, 1.82) is 0 Å². The van der Waals surface area contributed by atoms with Crippen LogP contribution in [0.1, 0.15) is 56.8 Å². The summed E-state index contributed by atoms with van der Waals surface area (Å²) < 4.78 is 2.10. The molecule has 0 bridgehead atoms. The lowest BCUT2D eigenvalue weighted by Gasteiger charge is -2.21. The molecule has 0 radical (unpaired) electrons. The van der Waals surface area contributed by atoms with Gasteiger partial charge in [-0.15, -0.1) is 0 Å². The van der Waals surface area contributed by atoms with Crippen molar-refractivity contribution in [2.75, 3.05) is 6.54 Å². The van der Waals surface area contributed by atoms with Gasteiger partial charge in [-0.05, 0) is 38.8 Å². The average Bonchev–Trinajstić information content (AvgIpc) is 2.76. The van der Waals surface area contributed by atoms with Gasteiger partial charge in [0.05, 0.1) is 11.4 Å². The van der Waals surface area contributed by atoms with E-state index in [0.29, 0.717) is 0 Å². The SMILES string of the molecule is CCn1nc(C)cc1CNCCC1CCCCC1. The highest BCUT2D eigenvalue weighted by Gasteiger charge is 2.12. The average molecular weight is 249 g/mol. The van der Waals surface area contributed by atoms with E-state index in [2.05, 4.69) is 35.0 Å². The zero-order chi connectivity index (χ0) is 12.8. The molecule has 1 fully saturated rings. The maximum absolute atomic E-state index is 4.47. The summed E-state index contributed by atoms with van der Waals surface area (Å²) in [6.45, 7) is 7.29. The number of aryl methyl sites for hydroxylation is 2. The van der Waals surface area contributed by atoms with Crippen LogP contribution >= 0.6 is 0 Å². The van der Waals surface area contributed by atoms with Gasteiger partial charge in [0.25, 0.3) is 0 Å². The molecule has 1 saturated carbocycles. The summed E-state index contributed by atoms with van der Waals surface area (Å²) in [5.41, 5.74) is 2.44. The Labute approximate surface area is 111 Å². The van der Waals surface area contributed by atoms with Crippen molar-refractivity contribution >= 4 is 0 Å². The lowest BCUT2D eigenvalue weighted by Crippen LogP contribution is -2.20. The van der Waals surface area contributed by atoms with Gasteiger partial charge < -0.3 is 5.32 Å². The van der Waals surface area contributed by atoms with Gasteiger partial charge in [-0.25, -0.2) is 0 Å². The highest BCUT2D eigenvalue weighted by molar-refractivity contribution is 5.08. The van der Waals surface area contributed by atoms with E-state index in [4.69, 9.17) is 0 Å². The topological polar surface area (TPSA) is 29.9 Å². The minimum Gasteiger partial charge on any atom is -0.311 e. The van der Waals surface area contributed by atoms with Crippen LogP contribution in [0.3, 0.4) is 0 Å². The number of nitrogens with one attached hydrogen (secondary N) is 1. The fourth-order valence-corrected chi connectivity index (χ4v) is 3.01. The van der Waals surface area contributed by atoms with E-state index >= 15 is 0 Å². The van der Waals surface area contributed by atoms with Crippen LogP contribution in [0.15, 0.2) is 6.07 Å². The molecule has 1 aromatic rings. The molecule has 3 heteroatoms. The quantitative estimate of drug-likeness (QED) is 0.784. The Bertz CT molecular complexity index is 351. The molecule has 3 nitrogen and oxygen atoms in total. The second-order valence-corrected chi connectivity index (χ2v) is 5.56. The fourth-order valence-electron chi connectivity index (χ4n) is 3.01.